The number of fused-ring (bicyclic) bond motifs is 3. The smallest absolute Gasteiger partial charge is 0.427 e. The highest BCUT2D eigenvalue weighted by molar-refractivity contribution is 7.91. The fourth-order valence-corrected chi connectivity index (χ4v) is 9.76. The largest absolute Gasteiger partial charge is 0.497 e. The minimum Gasteiger partial charge on any atom is -0.497 e. The summed E-state index contributed by atoms with van der Waals surface area (Å²) in [5, 5.41) is 1.36. The van der Waals surface area contributed by atoms with Crippen molar-refractivity contribution < 1.29 is 59.4 Å². The molecule has 1 aromatic carbocycles. The summed E-state index contributed by atoms with van der Waals surface area (Å²) in [7, 11) is -2.89. The van der Waals surface area contributed by atoms with Gasteiger partial charge in [-0.3, -0.25) is 23.9 Å². The van der Waals surface area contributed by atoms with E-state index >= 15 is 0 Å². The molecule has 17 heteroatoms. The van der Waals surface area contributed by atoms with Crippen LogP contribution in [0.15, 0.2) is 42.6 Å². The van der Waals surface area contributed by atoms with Crippen molar-refractivity contribution in [3.63, 3.8) is 0 Å². The number of halogens is 4. The molecule has 2 aliphatic heterocycles. The zero-order valence-electron chi connectivity index (χ0n) is 33.3. The first kappa shape index (κ1) is 43.3. The number of alkyl halides is 4. The number of sulfonamides is 1. The van der Waals surface area contributed by atoms with Gasteiger partial charge in [0.1, 0.15) is 23.3 Å². The van der Waals surface area contributed by atoms with E-state index in [-0.39, 0.29) is 44.0 Å². The molecule has 4 aliphatic rings. The summed E-state index contributed by atoms with van der Waals surface area (Å²) in [6, 6.07) is 5.79. The van der Waals surface area contributed by atoms with Gasteiger partial charge in [0.05, 0.1) is 37.5 Å². The van der Waals surface area contributed by atoms with Gasteiger partial charge in [0.2, 0.25) is 33.3 Å². The molecule has 3 heterocycles. The number of Topliss-reactive ketones (excluding diaryl/α,β-unsaturated/α-hetero) is 1. The Labute approximate surface area is 335 Å². The summed E-state index contributed by atoms with van der Waals surface area (Å²) in [6.45, 7) is 3.81. The molecule has 58 heavy (non-hydrogen) atoms. The normalized spacial score (nSPS) is 29.6. The van der Waals surface area contributed by atoms with Crippen LogP contribution in [-0.4, -0.2) is 90.9 Å². The van der Waals surface area contributed by atoms with E-state index in [1.807, 2.05) is 13.0 Å². The van der Waals surface area contributed by atoms with Crippen LogP contribution in [0.25, 0.3) is 10.8 Å². The van der Waals surface area contributed by atoms with Crippen LogP contribution in [0.5, 0.6) is 11.6 Å². The Morgan fingerprint density at radius 2 is 1.81 bits per heavy atom. The molecule has 2 amide bonds. The van der Waals surface area contributed by atoms with Crippen LogP contribution in [0, 0.1) is 29.1 Å². The number of rotatable bonds is 10. The van der Waals surface area contributed by atoms with E-state index in [1.54, 1.807) is 37.3 Å². The number of hydrogen-bond acceptors (Lipinski definition) is 10. The van der Waals surface area contributed by atoms with Crippen LogP contribution < -0.4 is 14.2 Å². The predicted octanol–water partition coefficient (Wildman–Crippen LogP) is 6.41. The van der Waals surface area contributed by atoms with Crippen LogP contribution in [0.2, 0.25) is 0 Å². The van der Waals surface area contributed by atoms with Crippen molar-refractivity contribution >= 4 is 44.4 Å². The lowest BCUT2D eigenvalue weighted by molar-refractivity contribution is -0.257. The number of esters is 1. The first-order valence-corrected chi connectivity index (χ1v) is 21.1. The Balaban J connectivity index is 1.35. The highest BCUT2D eigenvalue weighted by Gasteiger charge is 2.63. The predicted molar refractivity (Wildman–Crippen MR) is 204 cm³/mol. The van der Waals surface area contributed by atoms with Gasteiger partial charge in [-0.1, -0.05) is 26.0 Å². The van der Waals surface area contributed by atoms with Crippen molar-refractivity contribution in [3.8, 4) is 11.6 Å². The lowest BCUT2D eigenvalue weighted by atomic mass is 9.82. The van der Waals surface area contributed by atoms with E-state index in [0.29, 0.717) is 30.4 Å². The van der Waals surface area contributed by atoms with Crippen molar-refractivity contribution in [1.82, 2.24) is 14.6 Å². The van der Waals surface area contributed by atoms with Gasteiger partial charge in [-0.05, 0) is 99.8 Å². The molecule has 318 valence electrons. The van der Waals surface area contributed by atoms with Gasteiger partial charge in [-0.25, -0.2) is 17.8 Å². The van der Waals surface area contributed by atoms with Crippen molar-refractivity contribution in [1.29, 1.82) is 0 Å². The SMILES string of the molecule is COc1ccc2c(O[C@@H]3C[C@H]4C(=O)C[C@]5(C(=O)NS(=O)(=O)C6(CF)CC6)C[C@H]5/C=C\CC[C@@H](C)C[C@@H](C)[C@H](CC(=O)OC(C)(C)C(F)(F)F)C(=O)N4C3)nccc2c1. The summed E-state index contributed by atoms with van der Waals surface area (Å²) in [6.07, 6.45) is 0.0885. The molecule has 2 saturated carbocycles. The summed E-state index contributed by atoms with van der Waals surface area (Å²) < 4.78 is 98.5. The highest BCUT2D eigenvalue weighted by Crippen LogP contribution is 2.58. The Morgan fingerprint density at radius 3 is 2.47 bits per heavy atom. The molecule has 3 fully saturated rings. The summed E-state index contributed by atoms with van der Waals surface area (Å²) in [5.41, 5.74) is -4.33. The summed E-state index contributed by atoms with van der Waals surface area (Å²) >= 11 is 0. The maximum absolute atomic E-state index is 14.8. The number of allylic oxidation sites excluding steroid dienone is 2. The van der Waals surface area contributed by atoms with E-state index < -0.39 is 105 Å². The first-order chi connectivity index (χ1) is 27.2. The van der Waals surface area contributed by atoms with Crippen LogP contribution in [0.1, 0.15) is 85.5 Å². The van der Waals surface area contributed by atoms with Crippen molar-refractivity contribution in [2.45, 2.75) is 114 Å². The number of methoxy groups -OCH3 is 1. The Morgan fingerprint density at radius 1 is 1.09 bits per heavy atom. The third-order valence-corrected chi connectivity index (χ3v) is 14.6. The maximum Gasteiger partial charge on any atom is 0.427 e. The molecule has 7 atom stereocenters. The van der Waals surface area contributed by atoms with E-state index in [9.17, 15) is 45.2 Å². The Bertz CT molecular complexity index is 2070. The third-order valence-electron chi connectivity index (χ3n) is 12.5. The molecule has 2 aliphatic carbocycles. The van der Waals surface area contributed by atoms with Gasteiger partial charge in [0.25, 0.3) is 0 Å². The number of nitrogens with one attached hydrogen (secondary N) is 1. The van der Waals surface area contributed by atoms with Crippen molar-refractivity contribution in [2.75, 3.05) is 20.3 Å². The monoisotopic (exact) mass is 837 g/mol. The quantitative estimate of drug-likeness (QED) is 0.161. The summed E-state index contributed by atoms with van der Waals surface area (Å²) in [4.78, 5) is 62.3. The molecule has 0 spiro atoms. The van der Waals surface area contributed by atoms with Crippen LogP contribution in [0.3, 0.4) is 0 Å². The van der Waals surface area contributed by atoms with Gasteiger partial charge < -0.3 is 19.1 Å². The number of carbonyl (C=O) groups is 4. The number of carbonyl (C=O) groups excluding carboxylic acids is 4. The van der Waals surface area contributed by atoms with Crippen molar-refractivity contribution in [3.05, 3.63) is 42.6 Å². The topological polar surface area (TPSA) is 158 Å². The lowest BCUT2D eigenvalue weighted by Crippen LogP contribution is -2.49. The van der Waals surface area contributed by atoms with E-state index in [2.05, 4.69) is 9.71 Å². The maximum atomic E-state index is 14.8. The molecule has 2 aromatic rings. The van der Waals surface area contributed by atoms with Gasteiger partial charge in [0.15, 0.2) is 5.78 Å². The highest BCUT2D eigenvalue weighted by atomic mass is 32.2. The Kier molecular flexibility index (Phi) is 12.0. The minimum atomic E-state index is -4.88. The standard InChI is InChI=1S/C41H51F4N3O9S/c1-24-8-6-7-9-27-20-40(27,37(52)47-58(53,54)39(23-42)13-14-39)21-33(49)32-18-29(56-35-30-11-10-28(55-5)17-26(30)12-15-46-35)22-48(32)36(51)31(25(2)16-24)19-34(50)57-38(3,4)41(43,44)45/h7,9-12,15,17,24-25,27,29,31-32H,6,8,13-14,16,18-23H2,1-5H3,(H,47,52)/b9-7-/t24-,25-,27-,29-,31+,32+,40-/m1/s1. The molecule has 0 radical (unpaired) electrons. The zero-order valence-corrected chi connectivity index (χ0v) is 34.1. The van der Waals surface area contributed by atoms with E-state index in [4.69, 9.17) is 14.2 Å². The third kappa shape index (κ3) is 8.69. The molecule has 12 nitrogen and oxygen atoms in total. The van der Waals surface area contributed by atoms with Gasteiger partial charge in [-0.15, -0.1) is 0 Å². The molecule has 1 aromatic heterocycles. The fraction of sp³-hybridized carbons (Fsp3) is 0.634. The number of pyridine rings is 1. The average Bonchev–Trinajstić information content (AvgIpc) is 4.05. The van der Waals surface area contributed by atoms with Crippen LogP contribution in [0.4, 0.5) is 17.6 Å². The number of ketones is 1. The molecule has 0 unspecified atom stereocenters. The summed E-state index contributed by atoms with van der Waals surface area (Å²) in [5.74, 6) is -4.84. The number of hydrogen-bond donors (Lipinski definition) is 1. The second-order valence-electron chi connectivity index (χ2n) is 17.2. The molecule has 1 N–H and O–H groups in total. The lowest BCUT2D eigenvalue weighted by Gasteiger charge is -2.33. The van der Waals surface area contributed by atoms with Gasteiger partial charge >= 0.3 is 12.1 Å². The molecule has 1 saturated heterocycles. The van der Waals surface area contributed by atoms with E-state index in [0.717, 1.165) is 19.2 Å². The van der Waals surface area contributed by atoms with E-state index in [1.165, 1.54) is 18.2 Å². The first-order valence-electron chi connectivity index (χ1n) is 19.7. The molecular weight excluding hydrogens is 787 g/mol. The number of benzene rings is 1. The second-order valence-corrected chi connectivity index (χ2v) is 19.2. The Hall–Kier alpha value is -4.28. The molecule has 6 rings (SSSR count). The van der Waals surface area contributed by atoms with Crippen molar-refractivity contribution in [2.24, 2.45) is 29.1 Å². The zero-order chi connectivity index (χ0) is 42.4. The van der Waals surface area contributed by atoms with Gasteiger partial charge in [0, 0.05) is 24.4 Å². The fourth-order valence-electron chi connectivity index (χ4n) is 8.31. The van der Waals surface area contributed by atoms with Gasteiger partial charge in [-0.2, -0.15) is 13.2 Å². The van der Waals surface area contributed by atoms with Crippen LogP contribution >= 0.6 is 0 Å². The number of ether oxygens (including phenoxy) is 3. The number of amides is 2. The second kappa shape index (κ2) is 16.1. The number of nitrogens with zero attached hydrogens (tertiary/aromatic N) is 2. The molecule has 0 bridgehead atoms. The number of aromatic nitrogens is 1. The van der Waals surface area contributed by atoms with Crippen LogP contribution in [-0.2, 0) is 33.9 Å². The minimum absolute atomic E-state index is 0.0151. The molecular formula is C41H51F4N3O9S. The average molecular weight is 838 g/mol.